The van der Waals surface area contributed by atoms with Gasteiger partial charge in [0.2, 0.25) is 5.88 Å². The minimum absolute atomic E-state index is 0.218. The lowest BCUT2D eigenvalue weighted by molar-refractivity contribution is 0.398. The fourth-order valence-electron chi connectivity index (χ4n) is 6.20. The zero-order chi connectivity index (χ0) is 41.2. The van der Waals surface area contributed by atoms with Crippen LogP contribution in [0.3, 0.4) is 0 Å². The maximum absolute atomic E-state index is 14.1. The van der Waals surface area contributed by atoms with Gasteiger partial charge >= 0.3 is 0 Å². The molecule has 59 heavy (non-hydrogen) atoms. The van der Waals surface area contributed by atoms with Crippen molar-refractivity contribution in [3.63, 3.8) is 0 Å². The van der Waals surface area contributed by atoms with E-state index >= 15 is 0 Å². The van der Waals surface area contributed by atoms with Crippen molar-refractivity contribution in [3.05, 3.63) is 155 Å². The lowest BCUT2D eigenvalue weighted by Gasteiger charge is -2.16. The van der Waals surface area contributed by atoms with Crippen molar-refractivity contribution < 1.29 is 22.3 Å². The summed E-state index contributed by atoms with van der Waals surface area (Å²) in [6, 6.07) is 12.9. The standard InChI is InChI=1S/C23H19F2N7O.C17H13BrF2N6/c1-14(18-9-17(24)4-5-19(18)25)29-21-7-8-31-23(30-21)20(12-28-31)32-13-16(11-27-32)15-3-6-22(33-2)26-10-15;1-10(13-6-12(19)2-3-14(13)20)23-16-4-5-25-17(24-16)15(8-22-25)26-9-11(18)7-21-26/h3-14H,1-2H3,(H,29,30);2-10H,1H3,(H,23,24)/t14-;10-/m11/s1. The Morgan fingerprint density at radius 2 is 1.15 bits per heavy atom. The van der Waals surface area contributed by atoms with Crippen LogP contribution in [0.4, 0.5) is 29.2 Å². The van der Waals surface area contributed by atoms with Crippen LogP contribution < -0.4 is 15.4 Å². The Kier molecular flexibility index (Phi) is 10.7. The molecule has 9 rings (SSSR count). The van der Waals surface area contributed by atoms with Crippen LogP contribution in [0, 0.1) is 23.3 Å². The Labute approximate surface area is 341 Å². The van der Waals surface area contributed by atoms with Crippen molar-refractivity contribution in [2.24, 2.45) is 0 Å². The molecule has 7 aromatic heterocycles. The number of methoxy groups -OCH3 is 1. The number of ether oxygens (including phenoxy) is 1. The Bertz CT molecular complexity index is 2910. The van der Waals surface area contributed by atoms with Crippen molar-refractivity contribution >= 4 is 38.9 Å². The second kappa shape index (κ2) is 16.4. The highest BCUT2D eigenvalue weighted by Crippen LogP contribution is 2.26. The topological polar surface area (TPSA) is 142 Å². The summed E-state index contributed by atoms with van der Waals surface area (Å²) in [6.07, 6.45) is 15.5. The number of pyridine rings is 1. The van der Waals surface area contributed by atoms with Gasteiger partial charge in [0.1, 0.15) is 46.3 Å². The number of rotatable bonds is 10. The highest BCUT2D eigenvalue weighted by molar-refractivity contribution is 9.10. The number of halogens is 5. The lowest BCUT2D eigenvalue weighted by atomic mass is 10.1. The molecule has 0 fully saturated rings. The van der Waals surface area contributed by atoms with E-state index in [1.54, 1.807) is 107 Å². The number of nitrogens with one attached hydrogen (secondary N) is 2. The molecule has 298 valence electrons. The summed E-state index contributed by atoms with van der Waals surface area (Å²) in [5, 5.41) is 23.5. The second-order valence-electron chi connectivity index (χ2n) is 13.2. The van der Waals surface area contributed by atoms with Crippen molar-refractivity contribution in [2.75, 3.05) is 17.7 Å². The predicted octanol–water partition coefficient (Wildman–Crippen LogP) is 8.57. The van der Waals surface area contributed by atoms with Gasteiger partial charge in [-0.25, -0.2) is 50.9 Å². The Morgan fingerprint density at radius 3 is 1.64 bits per heavy atom. The van der Waals surface area contributed by atoms with Crippen LogP contribution in [0.15, 0.2) is 121 Å². The number of benzene rings is 2. The van der Waals surface area contributed by atoms with Gasteiger partial charge in [0, 0.05) is 59.3 Å². The maximum Gasteiger partial charge on any atom is 0.212 e. The molecular formula is C40H32BrF4N13O. The Morgan fingerprint density at radius 1 is 0.610 bits per heavy atom. The third-order valence-electron chi connectivity index (χ3n) is 9.18. The summed E-state index contributed by atoms with van der Waals surface area (Å²) in [7, 11) is 1.57. The fraction of sp³-hybridized carbons (Fsp3) is 0.125. The molecule has 19 heteroatoms. The molecule has 2 atom stereocenters. The predicted molar refractivity (Wildman–Crippen MR) is 214 cm³/mol. The highest BCUT2D eigenvalue weighted by Gasteiger charge is 2.17. The second-order valence-corrected chi connectivity index (χ2v) is 14.1. The van der Waals surface area contributed by atoms with E-state index in [0.29, 0.717) is 40.2 Å². The highest BCUT2D eigenvalue weighted by atomic mass is 79.9. The minimum atomic E-state index is -0.499. The SMILES string of the molecule is COc1ccc(-c2cnn(-c3cnn4ccc(N[C@H](C)c5cc(F)ccc5F)nc34)c2)cn1.C[C@@H](Nc1ccn2ncc(-n3cc(Br)cn3)c2n1)c1cc(F)ccc1F. The largest absolute Gasteiger partial charge is 0.481 e. The van der Waals surface area contributed by atoms with E-state index < -0.39 is 35.4 Å². The monoisotopic (exact) mass is 865 g/mol. The normalized spacial score (nSPS) is 12.3. The molecule has 9 aromatic rings. The molecule has 0 aliphatic carbocycles. The van der Waals surface area contributed by atoms with Crippen molar-refractivity contribution in [1.82, 2.24) is 53.7 Å². The number of nitrogens with zero attached hydrogens (tertiary/aromatic N) is 11. The quantitative estimate of drug-likeness (QED) is 0.129. The molecular weight excluding hydrogens is 834 g/mol. The zero-order valence-electron chi connectivity index (χ0n) is 31.3. The van der Waals surface area contributed by atoms with Gasteiger partial charge in [-0.15, -0.1) is 0 Å². The molecule has 14 nitrogen and oxygen atoms in total. The summed E-state index contributed by atoms with van der Waals surface area (Å²) in [5.41, 5.74) is 4.70. The van der Waals surface area contributed by atoms with Gasteiger partial charge in [0.15, 0.2) is 11.3 Å². The van der Waals surface area contributed by atoms with E-state index in [2.05, 4.69) is 61.9 Å². The molecule has 0 spiro atoms. The molecule has 2 aromatic carbocycles. The summed E-state index contributed by atoms with van der Waals surface area (Å²) in [5.74, 6) is -0.401. The minimum Gasteiger partial charge on any atom is -0.481 e. The van der Waals surface area contributed by atoms with Crippen LogP contribution in [-0.2, 0) is 0 Å². The van der Waals surface area contributed by atoms with Gasteiger partial charge < -0.3 is 15.4 Å². The van der Waals surface area contributed by atoms with E-state index in [4.69, 9.17) is 4.74 Å². The van der Waals surface area contributed by atoms with Crippen molar-refractivity contribution in [3.8, 4) is 28.4 Å². The lowest BCUT2D eigenvalue weighted by Crippen LogP contribution is -2.11. The number of hydrogen-bond acceptors (Lipinski definition) is 10. The molecule has 2 N–H and O–H groups in total. The maximum atomic E-state index is 14.1. The molecule has 0 saturated heterocycles. The third kappa shape index (κ3) is 8.31. The molecule has 0 amide bonds. The van der Waals surface area contributed by atoms with Gasteiger partial charge in [0.05, 0.1) is 48.5 Å². The number of hydrogen-bond donors (Lipinski definition) is 2. The first-order valence-corrected chi connectivity index (χ1v) is 18.7. The zero-order valence-corrected chi connectivity index (χ0v) is 32.9. The van der Waals surface area contributed by atoms with Crippen LogP contribution in [0.1, 0.15) is 37.1 Å². The van der Waals surface area contributed by atoms with Crippen LogP contribution in [0.2, 0.25) is 0 Å². The molecule has 0 unspecified atom stereocenters. The number of fused-ring (bicyclic) bond motifs is 2. The van der Waals surface area contributed by atoms with Gasteiger partial charge in [-0.05, 0) is 84.4 Å². The molecule has 0 aliphatic heterocycles. The van der Waals surface area contributed by atoms with Crippen LogP contribution in [0.25, 0.3) is 33.8 Å². The average Bonchev–Trinajstić information content (AvgIpc) is 4.06. The first-order valence-electron chi connectivity index (χ1n) is 17.9. The summed E-state index contributed by atoms with van der Waals surface area (Å²) in [4.78, 5) is 13.4. The average molecular weight is 867 g/mol. The van der Waals surface area contributed by atoms with E-state index in [1.165, 1.54) is 12.1 Å². The van der Waals surface area contributed by atoms with E-state index in [-0.39, 0.29) is 11.1 Å². The van der Waals surface area contributed by atoms with Gasteiger partial charge in [-0.2, -0.15) is 20.4 Å². The van der Waals surface area contributed by atoms with Crippen molar-refractivity contribution in [1.29, 1.82) is 0 Å². The smallest absolute Gasteiger partial charge is 0.212 e. The van der Waals surface area contributed by atoms with Gasteiger partial charge in [0.25, 0.3) is 0 Å². The molecule has 0 bridgehead atoms. The van der Waals surface area contributed by atoms with Crippen LogP contribution in [0.5, 0.6) is 5.88 Å². The summed E-state index contributed by atoms with van der Waals surface area (Å²) < 4.78 is 67.6. The van der Waals surface area contributed by atoms with Crippen LogP contribution >= 0.6 is 15.9 Å². The van der Waals surface area contributed by atoms with Crippen molar-refractivity contribution in [2.45, 2.75) is 25.9 Å². The Hall–Kier alpha value is -7.15. The first kappa shape index (κ1) is 38.7. The number of anilines is 2. The molecule has 0 saturated carbocycles. The van der Waals surface area contributed by atoms with Gasteiger partial charge in [-0.1, -0.05) is 0 Å². The number of aromatic nitrogens is 11. The first-order chi connectivity index (χ1) is 28.5. The molecule has 0 radical (unpaired) electrons. The van der Waals surface area contributed by atoms with E-state index in [0.717, 1.165) is 39.9 Å². The third-order valence-corrected chi connectivity index (χ3v) is 9.59. The van der Waals surface area contributed by atoms with Crippen LogP contribution in [-0.4, -0.2) is 60.9 Å². The van der Waals surface area contributed by atoms with E-state index in [9.17, 15) is 17.6 Å². The Balaban J connectivity index is 0.000000169. The fourth-order valence-corrected chi connectivity index (χ4v) is 6.48. The summed E-state index contributed by atoms with van der Waals surface area (Å²) >= 11 is 3.36. The van der Waals surface area contributed by atoms with E-state index in [1.807, 2.05) is 12.3 Å². The molecule has 7 heterocycles. The molecule has 0 aliphatic rings. The summed E-state index contributed by atoms with van der Waals surface area (Å²) in [6.45, 7) is 3.48. The van der Waals surface area contributed by atoms with Gasteiger partial charge in [-0.3, -0.25) is 0 Å².